The minimum Gasteiger partial charge on any atom is -1.00 e. The maximum absolute atomic E-state index is 2.37. The maximum atomic E-state index is 2.37. The van der Waals surface area contributed by atoms with Gasteiger partial charge in [-0.3, -0.25) is 0 Å². The van der Waals surface area contributed by atoms with E-state index in [-0.39, 0.29) is 56.4 Å². The molecule has 4 heteroatoms. The zero-order chi connectivity index (χ0) is 10.8. The van der Waals surface area contributed by atoms with Gasteiger partial charge in [-0.25, -0.2) is 0 Å². The number of allylic oxidation sites excluding steroid dienone is 1. The van der Waals surface area contributed by atoms with Crippen LogP contribution in [0.5, 0.6) is 0 Å². The zero-order valence-electron chi connectivity index (χ0n) is 10.1. The van der Waals surface area contributed by atoms with E-state index in [2.05, 4.69) is 66.7 Å². The summed E-state index contributed by atoms with van der Waals surface area (Å²) in [4.78, 5) is 0. The van der Waals surface area contributed by atoms with Crippen molar-refractivity contribution >= 4 is 9.94 Å². The fraction of sp³-hybridized carbons (Fsp3) is 0.0667. The second-order valence-electron chi connectivity index (χ2n) is 3.98. The van der Waals surface area contributed by atoms with E-state index < -0.39 is 0 Å². The molecule has 0 aromatic heterocycles. The molecule has 0 heterocycles. The first-order valence-corrected chi connectivity index (χ1v) is 7.20. The van der Waals surface area contributed by atoms with Crippen LogP contribution in [-0.2, 0) is 19.2 Å². The molecule has 2 aromatic rings. The number of halogens is 3. The van der Waals surface area contributed by atoms with Gasteiger partial charge in [-0.1, -0.05) is 0 Å². The Hall–Kier alpha value is -0.236. The molecular weight excluding hydrogens is 334 g/mol. The molecule has 0 N–H and O–H groups in total. The average Bonchev–Trinajstić information content (AvgIpc) is 2.74. The topological polar surface area (TPSA) is 0 Å². The first-order valence-electron chi connectivity index (χ1n) is 5.52. The van der Waals surface area contributed by atoms with Gasteiger partial charge in [0.05, 0.1) is 0 Å². The Balaban J connectivity index is 0.00000108. The minimum absolute atomic E-state index is 0. The van der Waals surface area contributed by atoms with Gasteiger partial charge in [0.25, 0.3) is 0 Å². The van der Waals surface area contributed by atoms with Crippen molar-refractivity contribution in [2.24, 2.45) is 0 Å². The van der Waals surface area contributed by atoms with Gasteiger partial charge in [0.2, 0.25) is 0 Å². The van der Waals surface area contributed by atoms with Crippen LogP contribution in [-0.4, -0.2) is 0 Å². The molecule has 97 valence electrons. The number of benzene rings is 2. The second-order valence-corrected chi connectivity index (χ2v) is 6.30. The van der Waals surface area contributed by atoms with Crippen molar-refractivity contribution < 1.29 is 56.4 Å². The normalized spacial score (nSPS) is 14.2. The third-order valence-corrected chi connectivity index (χ3v) is 5.21. The fourth-order valence-corrected chi connectivity index (χ4v) is 4.20. The van der Waals surface area contributed by atoms with Gasteiger partial charge in [0, 0.05) is 0 Å². The SMILES string of the molecule is C1=C[CH]([Ti+3][c]2ccccc2)c2ccccc21.[Cl-].[Cl-].[Cl-]. The van der Waals surface area contributed by atoms with E-state index in [0.717, 1.165) is 0 Å². The number of hydrogen-bond acceptors (Lipinski definition) is 0. The predicted octanol–water partition coefficient (Wildman–Crippen LogP) is -5.83. The van der Waals surface area contributed by atoms with Gasteiger partial charge in [-0.15, -0.1) is 0 Å². The molecule has 19 heavy (non-hydrogen) atoms. The first-order chi connectivity index (χ1) is 7.93. The second kappa shape index (κ2) is 8.84. The third-order valence-electron chi connectivity index (χ3n) is 2.90. The Kier molecular flexibility index (Phi) is 8.73. The van der Waals surface area contributed by atoms with E-state index in [0.29, 0.717) is 4.22 Å². The van der Waals surface area contributed by atoms with E-state index in [1.807, 2.05) is 0 Å². The molecule has 1 aliphatic rings. The van der Waals surface area contributed by atoms with Crippen LogP contribution in [0, 0.1) is 0 Å². The molecule has 0 nitrogen and oxygen atoms in total. The summed E-state index contributed by atoms with van der Waals surface area (Å²) in [7, 11) is 0. The number of rotatable bonds is 2. The van der Waals surface area contributed by atoms with Crippen molar-refractivity contribution in [1.82, 2.24) is 0 Å². The summed E-state index contributed by atoms with van der Waals surface area (Å²) in [6.45, 7) is 0. The number of hydrogen-bond donors (Lipinski definition) is 0. The van der Waals surface area contributed by atoms with Crippen LogP contribution < -0.4 is 41.1 Å². The van der Waals surface area contributed by atoms with Gasteiger partial charge in [-0.05, 0) is 0 Å². The van der Waals surface area contributed by atoms with Gasteiger partial charge < -0.3 is 37.2 Å². The van der Waals surface area contributed by atoms with Gasteiger partial charge in [0.1, 0.15) is 0 Å². The largest absolute Gasteiger partial charge is 1.00 e. The van der Waals surface area contributed by atoms with Gasteiger partial charge >= 0.3 is 105 Å². The van der Waals surface area contributed by atoms with Crippen molar-refractivity contribution in [2.45, 2.75) is 4.22 Å². The van der Waals surface area contributed by atoms with Crippen LogP contribution in [0.25, 0.3) is 6.08 Å². The minimum atomic E-state index is -0.0969. The zero-order valence-corrected chi connectivity index (χ0v) is 13.9. The maximum Gasteiger partial charge on any atom is -1.00 e. The molecule has 2 aromatic carbocycles. The monoisotopic (exact) mass is 345 g/mol. The molecule has 0 bridgehead atoms. The molecule has 0 saturated heterocycles. The molecule has 0 fully saturated rings. The summed E-state index contributed by atoms with van der Waals surface area (Å²) >= 11 is -0.0969. The van der Waals surface area contributed by atoms with E-state index in [4.69, 9.17) is 0 Å². The summed E-state index contributed by atoms with van der Waals surface area (Å²) in [6, 6.07) is 19.6. The Morgan fingerprint density at radius 2 is 1.37 bits per heavy atom. The van der Waals surface area contributed by atoms with Gasteiger partial charge in [-0.2, -0.15) is 0 Å². The van der Waals surface area contributed by atoms with Crippen LogP contribution in [0.1, 0.15) is 15.3 Å². The van der Waals surface area contributed by atoms with Crippen LogP contribution in [0.15, 0.2) is 60.7 Å². The first kappa shape index (κ1) is 18.8. The van der Waals surface area contributed by atoms with E-state index in [1.54, 1.807) is 0 Å². The van der Waals surface area contributed by atoms with Crippen LogP contribution >= 0.6 is 0 Å². The molecule has 0 radical (unpaired) electrons. The van der Waals surface area contributed by atoms with Crippen LogP contribution in [0.2, 0.25) is 0 Å². The summed E-state index contributed by atoms with van der Waals surface area (Å²) in [5.74, 6) is 0. The number of fused-ring (bicyclic) bond motifs is 1. The van der Waals surface area contributed by atoms with Crippen molar-refractivity contribution in [1.29, 1.82) is 0 Å². The van der Waals surface area contributed by atoms with Gasteiger partial charge in [0.15, 0.2) is 0 Å². The molecule has 0 amide bonds. The molecule has 3 rings (SSSR count). The summed E-state index contributed by atoms with van der Waals surface area (Å²) in [5.41, 5.74) is 2.93. The van der Waals surface area contributed by atoms with E-state index in [1.165, 1.54) is 15.0 Å². The molecule has 0 aliphatic heterocycles. The predicted molar refractivity (Wildman–Crippen MR) is 64.3 cm³/mol. The summed E-state index contributed by atoms with van der Waals surface area (Å²) < 4.78 is 2.22. The van der Waals surface area contributed by atoms with Crippen LogP contribution in [0.3, 0.4) is 0 Å². The van der Waals surface area contributed by atoms with Crippen molar-refractivity contribution in [3.8, 4) is 0 Å². The third kappa shape index (κ3) is 4.38. The summed E-state index contributed by atoms with van der Waals surface area (Å²) in [6.07, 6.45) is 4.64. The molecule has 1 atom stereocenters. The smallest absolute Gasteiger partial charge is 1.00 e. The molecular formula is C15H12Cl3Ti. The standard InChI is InChI=1S/C9H7.C6H5.3ClH.Ti/c1-2-5-9-7-3-6-8(9)4-1;1-2-4-6-5-3-1;;;;/h1-7H;1-5H;3*1H;/q;;;;;+3/p-3. The van der Waals surface area contributed by atoms with Crippen molar-refractivity contribution in [3.05, 3.63) is 71.8 Å². The van der Waals surface area contributed by atoms with Crippen molar-refractivity contribution in [2.75, 3.05) is 0 Å². The fourth-order valence-electron chi connectivity index (χ4n) is 2.09. The van der Waals surface area contributed by atoms with Crippen molar-refractivity contribution in [3.63, 3.8) is 0 Å². The van der Waals surface area contributed by atoms with E-state index >= 15 is 0 Å². The Bertz CT molecular complexity index is 526. The summed E-state index contributed by atoms with van der Waals surface area (Å²) in [5, 5.41) is 0. The molecule has 1 unspecified atom stereocenters. The molecule has 1 aliphatic carbocycles. The molecule has 0 spiro atoms. The molecule has 0 saturated carbocycles. The van der Waals surface area contributed by atoms with E-state index in [9.17, 15) is 0 Å². The Morgan fingerprint density at radius 1 is 0.737 bits per heavy atom. The average molecular weight is 346 g/mol. The quantitative estimate of drug-likeness (QED) is 0.476. The van der Waals surface area contributed by atoms with Crippen LogP contribution in [0.4, 0.5) is 0 Å². The Morgan fingerprint density at radius 3 is 2.11 bits per heavy atom. The Labute approximate surface area is 141 Å².